The van der Waals surface area contributed by atoms with Gasteiger partial charge in [-0.15, -0.1) is 0 Å². The Kier molecular flexibility index (Phi) is 4.39. The zero-order valence-corrected chi connectivity index (χ0v) is 14.3. The monoisotopic (exact) mass is 348 g/mol. The zero-order chi connectivity index (χ0) is 17.9. The summed E-state index contributed by atoms with van der Waals surface area (Å²) in [5.74, 6) is -0.102. The van der Waals surface area contributed by atoms with Gasteiger partial charge in [-0.25, -0.2) is 0 Å². The third kappa shape index (κ3) is 3.18. The maximum atomic E-state index is 12.6. The van der Waals surface area contributed by atoms with Gasteiger partial charge < -0.3 is 15.2 Å². The topological polar surface area (TPSA) is 78.1 Å². The number of benzene rings is 1. The fraction of sp³-hybridized carbons (Fsp3) is 0.250. The van der Waals surface area contributed by atoms with Crippen LogP contribution < -0.4 is 5.32 Å². The third-order valence-corrected chi connectivity index (χ3v) is 4.82. The number of amides is 2. The summed E-state index contributed by atoms with van der Waals surface area (Å²) in [6.07, 6.45) is 4.57. The second-order valence-electron chi connectivity index (χ2n) is 6.47. The number of likely N-dealkylation sites (tertiary alicyclic amines) is 1. The molecule has 1 saturated heterocycles. The lowest BCUT2D eigenvalue weighted by atomic mass is 10.1. The highest BCUT2D eigenvalue weighted by Crippen LogP contribution is 2.25. The lowest BCUT2D eigenvalue weighted by molar-refractivity contribution is -0.135. The van der Waals surface area contributed by atoms with E-state index in [2.05, 4.69) is 15.3 Å². The highest BCUT2D eigenvalue weighted by molar-refractivity contribution is 5.91. The van der Waals surface area contributed by atoms with Crippen LogP contribution in [0.4, 0.5) is 0 Å². The van der Waals surface area contributed by atoms with Crippen molar-refractivity contribution in [2.75, 3.05) is 0 Å². The van der Waals surface area contributed by atoms with Crippen LogP contribution in [0.2, 0.25) is 0 Å². The van der Waals surface area contributed by atoms with E-state index in [4.69, 9.17) is 0 Å². The molecule has 0 aliphatic carbocycles. The fourth-order valence-electron chi connectivity index (χ4n) is 3.45. The number of rotatable bonds is 5. The predicted molar refractivity (Wildman–Crippen MR) is 98.0 cm³/mol. The van der Waals surface area contributed by atoms with Gasteiger partial charge in [0.1, 0.15) is 6.04 Å². The van der Waals surface area contributed by atoms with E-state index >= 15 is 0 Å². The molecule has 0 radical (unpaired) electrons. The number of hydrogen-bond donors (Lipinski definition) is 2. The predicted octanol–water partition coefficient (Wildman–Crippen LogP) is 2.37. The number of para-hydroxylation sites is 1. The van der Waals surface area contributed by atoms with Crippen molar-refractivity contribution in [2.45, 2.75) is 32.0 Å². The van der Waals surface area contributed by atoms with E-state index in [1.807, 2.05) is 48.7 Å². The number of carbonyl (C=O) groups excluding carboxylic acids is 2. The molecule has 0 saturated carbocycles. The molecule has 2 N–H and O–H groups in total. The van der Waals surface area contributed by atoms with Gasteiger partial charge in [-0.3, -0.25) is 14.6 Å². The van der Waals surface area contributed by atoms with Crippen molar-refractivity contribution in [3.8, 4) is 0 Å². The van der Waals surface area contributed by atoms with Crippen LogP contribution in [0.3, 0.4) is 0 Å². The van der Waals surface area contributed by atoms with Crippen molar-refractivity contribution in [1.82, 2.24) is 20.2 Å². The first-order chi connectivity index (χ1) is 12.7. The molecular formula is C20H20N4O2. The molecule has 4 rings (SSSR count). The smallest absolute Gasteiger partial charge is 0.243 e. The minimum Gasteiger partial charge on any atom is -0.361 e. The fourth-order valence-corrected chi connectivity index (χ4v) is 3.45. The molecule has 132 valence electrons. The van der Waals surface area contributed by atoms with Crippen molar-refractivity contribution < 1.29 is 9.59 Å². The van der Waals surface area contributed by atoms with E-state index in [9.17, 15) is 9.59 Å². The second kappa shape index (κ2) is 7.00. The Balaban J connectivity index is 1.47. The summed E-state index contributed by atoms with van der Waals surface area (Å²) in [7, 11) is 0. The first-order valence-electron chi connectivity index (χ1n) is 8.74. The highest BCUT2D eigenvalue weighted by Gasteiger charge is 2.36. The number of carbonyl (C=O) groups is 2. The van der Waals surface area contributed by atoms with Crippen molar-refractivity contribution in [3.63, 3.8) is 0 Å². The Morgan fingerprint density at radius 1 is 1.23 bits per heavy atom. The van der Waals surface area contributed by atoms with Gasteiger partial charge in [0.15, 0.2) is 0 Å². The summed E-state index contributed by atoms with van der Waals surface area (Å²) in [5.41, 5.74) is 2.86. The number of fused-ring (bicyclic) bond motifs is 1. The molecule has 1 unspecified atom stereocenters. The third-order valence-electron chi connectivity index (χ3n) is 4.82. The van der Waals surface area contributed by atoms with E-state index in [1.54, 1.807) is 11.1 Å². The van der Waals surface area contributed by atoms with Crippen LogP contribution >= 0.6 is 0 Å². The summed E-state index contributed by atoms with van der Waals surface area (Å²) < 4.78 is 0. The van der Waals surface area contributed by atoms with E-state index in [0.717, 1.165) is 22.2 Å². The Bertz CT molecular complexity index is 935. The van der Waals surface area contributed by atoms with Gasteiger partial charge in [-0.1, -0.05) is 24.3 Å². The van der Waals surface area contributed by atoms with Crippen molar-refractivity contribution >= 4 is 22.7 Å². The number of nitrogens with zero attached hydrogens (tertiary/aromatic N) is 2. The Labute approximate surface area is 151 Å². The van der Waals surface area contributed by atoms with E-state index in [0.29, 0.717) is 25.9 Å². The second-order valence-corrected chi connectivity index (χ2v) is 6.47. The molecular weight excluding hydrogens is 328 g/mol. The molecule has 2 aromatic heterocycles. The van der Waals surface area contributed by atoms with E-state index in [-0.39, 0.29) is 11.8 Å². The lowest BCUT2D eigenvalue weighted by Gasteiger charge is -2.24. The van der Waals surface area contributed by atoms with Crippen LogP contribution in [0.1, 0.15) is 24.1 Å². The summed E-state index contributed by atoms with van der Waals surface area (Å²) in [4.78, 5) is 34.1. The van der Waals surface area contributed by atoms with Crippen molar-refractivity contribution in [3.05, 3.63) is 66.1 Å². The quantitative estimate of drug-likeness (QED) is 0.743. The average molecular weight is 348 g/mol. The summed E-state index contributed by atoms with van der Waals surface area (Å²) in [6, 6.07) is 13.1. The number of aromatic amines is 1. The van der Waals surface area contributed by atoms with Gasteiger partial charge in [0.25, 0.3) is 0 Å². The van der Waals surface area contributed by atoms with E-state index < -0.39 is 6.04 Å². The first kappa shape index (κ1) is 16.3. The molecule has 0 bridgehead atoms. The zero-order valence-electron chi connectivity index (χ0n) is 14.3. The number of aromatic nitrogens is 2. The number of hydrogen-bond acceptors (Lipinski definition) is 3. The molecule has 26 heavy (non-hydrogen) atoms. The van der Waals surface area contributed by atoms with Crippen LogP contribution in [0, 0.1) is 0 Å². The Morgan fingerprint density at radius 3 is 2.92 bits per heavy atom. The number of nitrogens with one attached hydrogen (secondary N) is 2. The number of H-pyrrole nitrogens is 1. The van der Waals surface area contributed by atoms with Crippen LogP contribution in [0.15, 0.2) is 54.9 Å². The van der Waals surface area contributed by atoms with E-state index in [1.165, 1.54) is 0 Å². The number of pyridine rings is 1. The van der Waals surface area contributed by atoms with Gasteiger partial charge in [0, 0.05) is 36.3 Å². The minimum atomic E-state index is -0.431. The molecule has 1 fully saturated rings. The molecule has 1 aliphatic heterocycles. The highest BCUT2D eigenvalue weighted by atomic mass is 16.2. The van der Waals surface area contributed by atoms with Crippen LogP contribution in [0.25, 0.3) is 10.9 Å². The normalized spacial score (nSPS) is 17.0. The van der Waals surface area contributed by atoms with Gasteiger partial charge in [0.05, 0.1) is 12.2 Å². The first-order valence-corrected chi connectivity index (χ1v) is 8.74. The van der Waals surface area contributed by atoms with Gasteiger partial charge >= 0.3 is 0 Å². The summed E-state index contributed by atoms with van der Waals surface area (Å²) in [6.45, 7) is 0.801. The SMILES string of the molecule is O=C(NCc1ccccn1)C1CCC(=O)N1Cc1c[nH]c2ccccc12. The van der Waals surface area contributed by atoms with Crippen LogP contribution in [0.5, 0.6) is 0 Å². The largest absolute Gasteiger partial charge is 0.361 e. The molecule has 3 aromatic rings. The van der Waals surface area contributed by atoms with Crippen molar-refractivity contribution in [2.24, 2.45) is 0 Å². The van der Waals surface area contributed by atoms with Gasteiger partial charge in [0.2, 0.25) is 11.8 Å². The Hall–Kier alpha value is -3.15. The van der Waals surface area contributed by atoms with Gasteiger partial charge in [-0.2, -0.15) is 0 Å². The average Bonchev–Trinajstić information content (AvgIpc) is 3.25. The molecule has 2 amide bonds. The maximum Gasteiger partial charge on any atom is 0.243 e. The van der Waals surface area contributed by atoms with Crippen LogP contribution in [-0.4, -0.2) is 32.7 Å². The molecule has 1 aliphatic rings. The maximum absolute atomic E-state index is 12.6. The summed E-state index contributed by atoms with van der Waals surface area (Å²) >= 11 is 0. The van der Waals surface area contributed by atoms with Crippen molar-refractivity contribution in [1.29, 1.82) is 0 Å². The lowest BCUT2D eigenvalue weighted by Crippen LogP contribution is -2.44. The molecule has 6 heteroatoms. The molecule has 1 aromatic carbocycles. The summed E-state index contributed by atoms with van der Waals surface area (Å²) in [5, 5.41) is 3.99. The molecule has 6 nitrogen and oxygen atoms in total. The van der Waals surface area contributed by atoms with Gasteiger partial charge in [-0.05, 0) is 30.2 Å². The Morgan fingerprint density at radius 2 is 2.08 bits per heavy atom. The minimum absolute atomic E-state index is 0.0215. The molecule has 1 atom stereocenters. The molecule has 3 heterocycles. The van der Waals surface area contributed by atoms with Crippen LogP contribution in [-0.2, 0) is 22.7 Å². The molecule has 0 spiro atoms. The standard InChI is InChI=1S/C20H20N4O2/c25-19-9-8-18(20(26)23-12-15-5-3-4-10-21-15)24(19)13-14-11-22-17-7-2-1-6-16(14)17/h1-7,10-11,18,22H,8-9,12-13H2,(H,23,26).